The van der Waals surface area contributed by atoms with Crippen molar-refractivity contribution in [2.45, 2.75) is 76.7 Å². The number of benzene rings is 5. The van der Waals surface area contributed by atoms with Gasteiger partial charge in [0.1, 0.15) is 41.9 Å². The summed E-state index contributed by atoms with van der Waals surface area (Å²) in [6.07, 6.45) is 0.441. The van der Waals surface area contributed by atoms with E-state index in [4.69, 9.17) is 28.3 Å². The third-order valence-corrected chi connectivity index (χ3v) is 13.9. The average Bonchev–Trinajstić information content (AvgIpc) is 3.60. The highest BCUT2D eigenvalue weighted by molar-refractivity contribution is 7.46. The summed E-state index contributed by atoms with van der Waals surface area (Å²) in [5.74, 6) is 1.36. The molecule has 0 heterocycles. The molecule has 0 radical (unpaired) electrons. The molecule has 61 heavy (non-hydrogen) atoms. The predicted octanol–water partition coefficient (Wildman–Crippen LogP) is 10.4. The molecule has 5 aromatic carbocycles. The monoisotopic (exact) mass is 851 g/mol. The number of amides is 1. The van der Waals surface area contributed by atoms with Crippen LogP contribution in [0.5, 0.6) is 11.5 Å². The number of hydrogen-bond donors (Lipinski definition) is 2. The average molecular weight is 852 g/mol. The summed E-state index contributed by atoms with van der Waals surface area (Å²) >= 11 is 0. The van der Waals surface area contributed by atoms with E-state index < -0.39 is 42.0 Å². The van der Waals surface area contributed by atoms with Gasteiger partial charge in [0.2, 0.25) is 0 Å². The lowest BCUT2D eigenvalue weighted by molar-refractivity contribution is -1.06. The standard InChI is InChI=1S/C49H59N2O9P/c1-35(2)51(36(3)4,61(53,54)57-7)60-42(19-15-16-32-50-48(52)58-34-47-45-22-13-11-20-43(45)44-21-12-14-23-46(44)47)33-59-49(37-17-9-8-10-18-37,38-24-28-40(55-5)29-25-38)39-26-30-41(56-6)31-27-39/h8-14,17-18,20-31,35-36,42,47H,15-16,19,32-34H2,1-7H3,(H-,50,52,53,54)/p+1. The molecule has 12 heteroatoms. The summed E-state index contributed by atoms with van der Waals surface area (Å²) in [6, 6.07) is 41.0. The van der Waals surface area contributed by atoms with Crippen LogP contribution in [-0.4, -0.2) is 74.7 Å². The van der Waals surface area contributed by atoms with Gasteiger partial charge in [-0.3, -0.25) is 9.42 Å². The molecule has 0 fully saturated rings. The highest BCUT2D eigenvalue weighted by Gasteiger charge is 2.57. The Morgan fingerprint density at radius 1 is 0.705 bits per heavy atom. The molecule has 11 nitrogen and oxygen atoms in total. The number of hydrogen-bond acceptors (Lipinski definition) is 8. The summed E-state index contributed by atoms with van der Waals surface area (Å²) in [6.45, 7) is 8.00. The van der Waals surface area contributed by atoms with Gasteiger partial charge in [0.15, 0.2) is 0 Å². The number of carbonyl (C=O) groups is 1. The third-order valence-electron chi connectivity index (χ3n) is 11.7. The Labute approximate surface area is 360 Å². The molecule has 0 aromatic heterocycles. The smallest absolute Gasteiger partial charge is 0.497 e. The van der Waals surface area contributed by atoms with Crippen LogP contribution in [0.1, 0.15) is 80.7 Å². The van der Waals surface area contributed by atoms with E-state index in [1.807, 2.05) is 131 Å². The lowest BCUT2D eigenvalue weighted by atomic mass is 9.80. The largest absolute Gasteiger partial charge is 0.561 e. The minimum Gasteiger partial charge on any atom is -0.497 e. The van der Waals surface area contributed by atoms with Gasteiger partial charge >= 0.3 is 13.8 Å². The minimum absolute atomic E-state index is 0.0237. The van der Waals surface area contributed by atoms with Gasteiger partial charge in [-0.1, -0.05) is 108 Å². The Morgan fingerprint density at radius 2 is 1.20 bits per heavy atom. The predicted molar refractivity (Wildman–Crippen MR) is 237 cm³/mol. The van der Waals surface area contributed by atoms with Crippen molar-refractivity contribution >= 4 is 13.8 Å². The fourth-order valence-electron chi connectivity index (χ4n) is 8.65. The fourth-order valence-corrected chi connectivity index (χ4v) is 10.3. The topological polar surface area (TPSA) is 122 Å². The van der Waals surface area contributed by atoms with Gasteiger partial charge in [-0.2, -0.15) is 9.40 Å². The van der Waals surface area contributed by atoms with Crippen LogP contribution >= 0.6 is 7.75 Å². The van der Waals surface area contributed by atoms with Crippen LogP contribution in [0.2, 0.25) is 0 Å². The summed E-state index contributed by atoms with van der Waals surface area (Å²) in [5.41, 5.74) is 6.04. The Morgan fingerprint density at radius 3 is 1.69 bits per heavy atom. The number of nitrogens with zero attached hydrogens (tertiary/aromatic N) is 1. The number of quaternary nitrogens is 1. The van der Waals surface area contributed by atoms with Gasteiger partial charge in [-0.15, -0.1) is 0 Å². The van der Waals surface area contributed by atoms with Gasteiger partial charge < -0.3 is 24.3 Å². The molecule has 324 valence electrons. The SMILES string of the molecule is COc1ccc(C(OCC(CCCCNC(=O)OCC2c3ccccc3-c3ccccc32)O[N+](C(C)C)(C(C)C)P(=O)(O)OC)(c2ccccc2)c2ccc(OC)cc2)cc1. The molecular weight excluding hydrogens is 792 g/mol. The second-order valence-electron chi connectivity index (χ2n) is 15.8. The second-order valence-corrected chi connectivity index (χ2v) is 17.8. The Kier molecular flexibility index (Phi) is 15.1. The number of rotatable bonds is 21. The number of nitrogens with one attached hydrogen (secondary N) is 1. The van der Waals surface area contributed by atoms with Crippen molar-refractivity contribution in [3.63, 3.8) is 0 Å². The normalized spacial score (nSPS) is 14.3. The van der Waals surface area contributed by atoms with Crippen LogP contribution in [0.3, 0.4) is 0 Å². The molecule has 0 saturated heterocycles. The number of alkyl carbamates (subject to hydrolysis) is 1. The van der Waals surface area contributed by atoms with Crippen LogP contribution < -0.4 is 14.8 Å². The zero-order valence-electron chi connectivity index (χ0n) is 36.3. The molecule has 0 bridgehead atoms. The summed E-state index contributed by atoms with van der Waals surface area (Å²) < 4.78 is 42.8. The van der Waals surface area contributed by atoms with Crippen LogP contribution in [0, 0.1) is 0 Å². The molecule has 2 N–H and O–H groups in total. The lowest BCUT2D eigenvalue weighted by Crippen LogP contribution is -2.57. The van der Waals surface area contributed by atoms with Crippen molar-refractivity contribution < 1.29 is 47.0 Å². The minimum atomic E-state index is -4.39. The molecule has 2 atom stereocenters. The van der Waals surface area contributed by atoms with E-state index in [1.165, 1.54) is 18.2 Å². The third kappa shape index (κ3) is 9.58. The Hall–Kier alpha value is -5.00. The van der Waals surface area contributed by atoms with Crippen molar-refractivity contribution in [1.29, 1.82) is 0 Å². The number of unbranched alkanes of at least 4 members (excludes halogenated alkanes) is 1. The number of ether oxygens (including phenoxy) is 4. The van der Waals surface area contributed by atoms with E-state index in [-0.39, 0.29) is 19.1 Å². The van der Waals surface area contributed by atoms with Crippen molar-refractivity contribution in [3.05, 3.63) is 155 Å². The molecule has 0 saturated carbocycles. The van der Waals surface area contributed by atoms with E-state index in [2.05, 4.69) is 29.6 Å². The summed E-state index contributed by atoms with van der Waals surface area (Å²) in [4.78, 5) is 31.4. The number of methoxy groups -OCH3 is 2. The number of hydroxylamine groups is 2. The molecule has 2 unspecified atom stereocenters. The lowest BCUT2D eigenvalue weighted by Gasteiger charge is -2.45. The van der Waals surface area contributed by atoms with Crippen LogP contribution in [0.15, 0.2) is 127 Å². The summed E-state index contributed by atoms with van der Waals surface area (Å²) in [7, 11) is 0.0926. The van der Waals surface area contributed by atoms with E-state index in [0.29, 0.717) is 37.3 Å². The molecule has 6 rings (SSSR count). The zero-order valence-corrected chi connectivity index (χ0v) is 37.2. The first-order chi connectivity index (χ1) is 29.4. The Bertz CT molecular complexity index is 2130. The van der Waals surface area contributed by atoms with Crippen molar-refractivity contribution in [2.75, 3.05) is 41.1 Å². The molecule has 0 aliphatic heterocycles. The van der Waals surface area contributed by atoms with E-state index in [1.54, 1.807) is 14.2 Å². The van der Waals surface area contributed by atoms with Gasteiger partial charge in [0.05, 0.1) is 27.9 Å². The molecule has 0 spiro atoms. The molecule has 5 aromatic rings. The van der Waals surface area contributed by atoms with Gasteiger partial charge in [0, 0.05) is 12.5 Å². The zero-order chi connectivity index (χ0) is 43.6. The van der Waals surface area contributed by atoms with Crippen LogP contribution in [0.25, 0.3) is 11.1 Å². The highest BCUT2D eigenvalue weighted by atomic mass is 31.2. The molecule has 1 amide bonds. The molecular formula is C49H60N2O9P+. The number of fused-ring (bicyclic) bond motifs is 3. The molecule has 1 aliphatic rings. The summed E-state index contributed by atoms with van der Waals surface area (Å²) in [5, 5.41) is 2.92. The quantitative estimate of drug-likeness (QED) is 0.0322. The first kappa shape index (κ1) is 45.5. The van der Waals surface area contributed by atoms with Crippen LogP contribution in [0.4, 0.5) is 4.79 Å². The van der Waals surface area contributed by atoms with Crippen molar-refractivity contribution in [3.8, 4) is 22.6 Å². The van der Waals surface area contributed by atoms with Gasteiger partial charge in [-0.05, 0) is 110 Å². The first-order valence-electron chi connectivity index (χ1n) is 20.9. The fraction of sp³-hybridized carbons (Fsp3) is 0.367. The maximum absolute atomic E-state index is 14.0. The van der Waals surface area contributed by atoms with Crippen molar-refractivity contribution in [2.24, 2.45) is 0 Å². The molecule has 1 aliphatic carbocycles. The van der Waals surface area contributed by atoms with Crippen molar-refractivity contribution in [1.82, 2.24) is 5.32 Å². The second kappa shape index (κ2) is 20.2. The van der Waals surface area contributed by atoms with Crippen LogP contribution in [-0.2, 0) is 29.0 Å². The number of carbonyl (C=O) groups excluding carboxylic acids is 1. The van der Waals surface area contributed by atoms with Gasteiger partial charge in [-0.25, -0.2) is 4.79 Å². The van der Waals surface area contributed by atoms with E-state index >= 15 is 0 Å². The maximum Gasteiger partial charge on any atom is 0.561 e. The Balaban J connectivity index is 1.23. The van der Waals surface area contributed by atoms with E-state index in [9.17, 15) is 14.3 Å². The first-order valence-corrected chi connectivity index (χ1v) is 22.5. The van der Waals surface area contributed by atoms with E-state index in [0.717, 1.165) is 27.8 Å². The van der Waals surface area contributed by atoms with Gasteiger partial charge in [0.25, 0.3) is 0 Å². The maximum atomic E-state index is 14.0. The highest BCUT2D eigenvalue weighted by Crippen LogP contribution is 2.57.